The summed E-state index contributed by atoms with van der Waals surface area (Å²) in [7, 11) is 0. The van der Waals surface area contributed by atoms with Gasteiger partial charge in [-0.2, -0.15) is 0 Å². The zero-order valence-electron chi connectivity index (χ0n) is 8.21. The van der Waals surface area contributed by atoms with E-state index in [4.69, 9.17) is 5.73 Å². The second-order valence-corrected chi connectivity index (χ2v) is 4.53. The van der Waals surface area contributed by atoms with Gasteiger partial charge < -0.3 is 15.7 Å². The van der Waals surface area contributed by atoms with Gasteiger partial charge in [-0.1, -0.05) is 0 Å². The molecular weight excluding hydrogens is 164 g/mol. The van der Waals surface area contributed by atoms with Crippen LogP contribution in [0.4, 0.5) is 0 Å². The van der Waals surface area contributed by atoms with Crippen molar-refractivity contribution in [2.24, 2.45) is 5.73 Å². The van der Waals surface area contributed by atoms with Crippen LogP contribution in [-0.4, -0.2) is 41.3 Å². The zero-order chi connectivity index (χ0) is 9.31. The first kappa shape index (κ1) is 9.44. The Morgan fingerprint density at radius 3 is 2.38 bits per heavy atom. The highest BCUT2D eigenvalue weighted by Gasteiger charge is 2.37. The highest BCUT2D eigenvalue weighted by atomic mass is 16.3. The maximum atomic E-state index is 10.1. The second kappa shape index (κ2) is 3.56. The Morgan fingerprint density at radius 1 is 1.31 bits per heavy atom. The third-order valence-corrected chi connectivity index (χ3v) is 3.40. The fourth-order valence-corrected chi connectivity index (χ4v) is 2.26. The summed E-state index contributed by atoms with van der Waals surface area (Å²) >= 11 is 0. The van der Waals surface area contributed by atoms with Crippen LogP contribution in [0.1, 0.15) is 32.1 Å². The van der Waals surface area contributed by atoms with E-state index in [-0.39, 0.29) is 0 Å². The maximum absolute atomic E-state index is 10.1. The Labute approximate surface area is 79.9 Å². The van der Waals surface area contributed by atoms with E-state index < -0.39 is 5.60 Å². The molecule has 76 valence electrons. The van der Waals surface area contributed by atoms with Crippen LogP contribution in [0.2, 0.25) is 0 Å². The van der Waals surface area contributed by atoms with E-state index in [0.717, 1.165) is 38.4 Å². The summed E-state index contributed by atoms with van der Waals surface area (Å²) in [6, 6.07) is 0.849. The molecule has 1 aliphatic carbocycles. The largest absolute Gasteiger partial charge is 0.390 e. The SMILES string of the molecule is NCCC1(O)CCN(C2CC2)CC1. The molecule has 0 aromatic rings. The molecule has 2 aliphatic rings. The Morgan fingerprint density at radius 2 is 1.92 bits per heavy atom. The third kappa shape index (κ3) is 2.22. The van der Waals surface area contributed by atoms with Crippen molar-refractivity contribution in [1.29, 1.82) is 0 Å². The van der Waals surface area contributed by atoms with Gasteiger partial charge in [0, 0.05) is 19.1 Å². The molecule has 0 aromatic heterocycles. The maximum Gasteiger partial charge on any atom is 0.0684 e. The molecule has 1 saturated heterocycles. The van der Waals surface area contributed by atoms with Crippen molar-refractivity contribution in [3.05, 3.63) is 0 Å². The van der Waals surface area contributed by atoms with Crippen molar-refractivity contribution in [2.45, 2.75) is 43.7 Å². The number of rotatable bonds is 3. The van der Waals surface area contributed by atoms with E-state index in [1.54, 1.807) is 0 Å². The highest BCUT2D eigenvalue weighted by molar-refractivity contribution is 4.92. The van der Waals surface area contributed by atoms with Crippen molar-refractivity contribution in [3.63, 3.8) is 0 Å². The number of hydrogen-bond acceptors (Lipinski definition) is 3. The molecule has 3 N–H and O–H groups in total. The minimum absolute atomic E-state index is 0.444. The molecule has 1 saturated carbocycles. The second-order valence-electron chi connectivity index (χ2n) is 4.53. The van der Waals surface area contributed by atoms with Gasteiger partial charge in [-0.05, 0) is 38.6 Å². The van der Waals surface area contributed by atoms with E-state index >= 15 is 0 Å². The number of aliphatic hydroxyl groups is 1. The van der Waals surface area contributed by atoms with Crippen molar-refractivity contribution < 1.29 is 5.11 Å². The molecule has 0 amide bonds. The lowest BCUT2D eigenvalue weighted by molar-refractivity contribution is -0.0273. The van der Waals surface area contributed by atoms with E-state index in [0.29, 0.717) is 6.54 Å². The van der Waals surface area contributed by atoms with Crippen LogP contribution in [0, 0.1) is 0 Å². The van der Waals surface area contributed by atoms with Gasteiger partial charge in [0.05, 0.1) is 5.60 Å². The minimum atomic E-state index is -0.444. The van der Waals surface area contributed by atoms with Crippen molar-refractivity contribution >= 4 is 0 Å². The molecule has 0 radical (unpaired) electrons. The zero-order valence-corrected chi connectivity index (χ0v) is 8.21. The monoisotopic (exact) mass is 184 g/mol. The topological polar surface area (TPSA) is 49.5 Å². The predicted molar refractivity (Wildman–Crippen MR) is 52.5 cm³/mol. The lowest BCUT2D eigenvalue weighted by Gasteiger charge is -2.38. The van der Waals surface area contributed by atoms with E-state index in [1.165, 1.54) is 12.8 Å². The summed E-state index contributed by atoms with van der Waals surface area (Å²) in [5.74, 6) is 0. The molecule has 0 bridgehead atoms. The van der Waals surface area contributed by atoms with Crippen LogP contribution >= 0.6 is 0 Å². The number of piperidine rings is 1. The summed E-state index contributed by atoms with van der Waals surface area (Å²) in [4.78, 5) is 2.52. The van der Waals surface area contributed by atoms with Gasteiger partial charge in [0.15, 0.2) is 0 Å². The Hall–Kier alpha value is -0.120. The molecule has 1 aliphatic heterocycles. The molecule has 2 rings (SSSR count). The van der Waals surface area contributed by atoms with Crippen LogP contribution in [-0.2, 0) is 0 Å². The first-order valence-corrected chi connectivity index (χ1v) is 5.40. The standard InChI is InChI=1S/C10H20N2O/c11-6-3-10(13)4-7-12(8-5-10)9-1-2-9/h9,13H,1-8,11H2. The normalized spacial score (nSPS) is 29.1. The summed E-state index contributed by atoms with van der Waals surface area (Å²) < 4.78 is 0. The van der Waals surface area contributed by atoms with Gasteiger partial charge in [0.2, 0.25) is 0 Å². The van der Waals surface area contributed by atoms with Gasteiger partial charge >= 0.3 is 0 Å². The fraction of sp³-hybridized carbons (Fsp3) is 1.00. The van der Waals surface area contributed by atoms with E-state index in [1.807, 2.05) is 0 Å². The average molecular weight is 184 g/mol. The van der Waals surface area contributed by atoms with E-state index in [2.05, 4.69) is 4.90 Å². The van der Waals surface area contributed by atoms with Gasteiger partial charge in [-0.25, -0.2) is 0 Å². The van der Waals surface area contributed by atoms with Crippen LogP contribution in [0.25, 0.3) is 0 Å². The van der Waals surface area contributed by atoms with Crippen LogP contribution in [0.15, 0.2) is 0 Å². The molecule has 3 heteroatoms. The molecule has 0 unspecified atom stereocenters. The Bertz CT molecular complexity index is 172. The molecule has 0 aromatic carbocycles. The summed E-state index contributed by atoms with van der Waals surface area (Å²) in [6.07, 6.45) is 5.34. The lowest BCUT2D eigenvalue weighted by atomic mass is 9.88. The number of nitrogens with zero attached hydrogens (tertiary/aromatic N) is 1. The minimum Gasteiger partial charge on any atom is -0.390 e. The third-order valence-electron chi connectivity index (χ3n) is 3.40. The van der Waals surface area contributed by atoms with Crippen LogP contribution < -0.4 is 5.73 Å². The highest BCUT2D eigenvalue weighted by Crippen LogP contribution is 2.33. The van der Waals surface area contributed by atoms with E-state index in [9.17, 15) is 5.11 Å². The molecular formula is C10H20N2O. The lowest BCUT2D eigenvalue weighted by Crippen LogP contribution is -2.46. The molecule has 1 heterocycles. The molecule has 2 fully saturated rings. The Kier molecular flexibility index (Phi) is 2.58. The van der Waals surface area contributed by atoms with Crippen molar-refractivity contribution in [3.8, 4) is 0 Å². The van der Waals surface area contributed by atoms with Gasteiger partial charge in [-0.15, -0.1) is 0 Å². The number of likely N-dealkylation sites (tertiary alicyclic amines) is 1. The predicted octanol–water partition coefficient (Wildman–Crippen LogP) is 0.324. The number of nitrogens with two attached hydrogens (primary N) is 1. The fourth-order valence-electron chi connectivity index (χ4n) is 2.26. The van der Waals surface area contributed by atoms with Crippen LogP contribution in [0.5, 0.6) is 0 Å². The molecule has 13 heavy (non-hydrogen) atoms. The van der Waals surface area contributed by atoms with Crippen molar-refractivity contribution in [1.82, 2.24) is 4.90 Å². The van der Waals surface area contributed by atoms with Gasteiger partial charge in [0.25, 0.3) is 0 Å². The first-order valence-electron chi connectivity index (χ1n) is 5.40. The summed E-state index contributed by atoms with van der Waals surface area (Å²) in [5.41, 5.74) is 5.03. The van der Waals surface area contributed by atoms with Gasteiger partial charge in [-0.3, -0.25) is 0 Å². The summed E-state index contributed by atoms with van der Waals surface area (Å²) in [6.45, 7) is 2.75. The smallest absolute Gasteiger partial charge is 0.0684 e. The van der Waals surface area contributed by atoms with Crippen LogP contribution in [0.3, 0.4) is 0 Å². The molecule has 0 spiro atoms. The summed E-state index contributed by atoms with van der Waals surface area (Å²) in [5, 5.41) is 10.1. The first-order chi connectivity index (χ1) is 6.23. The Balaban J connectivity index is 1.80. The molecule has 3 nitrogen and oxygen atoms in total. The quantitative estimate of drug-likeness (QED) is 0.664. The average Bonchev–Trinajstić information content (AvgIpc) is 2.89. The molecule has 0 atom stereocenters. The van der Waals surface area contributed by atoms with Crippen molar-refractivity contribution in [2.75, 3.05) is 19.6 Å². The van der Waals surface area contributed by atoms with Gasteiger partial charge in [0.1, 0.15) is 0 Å². The number of hydrogen-bond donors (Lipinski definition) is 2.